The van der Waals surface area contributed by atoms with Crippen molar-refractivity contribution < 1.29 is 4.79 Å². The van der Waals surface area contributed by atoms with Crippen molar-refractivity contribution in [3.05, 3.63) is 28.3 Å². The Labute approximate surface area is 126 Å². The third-order valence-corrected chi connectivity index (χ3v) is 4.30. The predicted octanol–water partition coefficient (Wildman–Crippen LogP) is 1.80. The molecule has 3 N–H and O–H groups in total. The molecule has 5 nitrogen and oxygen atoms in total. The molecule has 0 aliphatic carbocycles. The number of benzene rings is 1. The lowest BCUT2D eigenvalue weighted by Crippen LogP contribution is -2.25. The highest BCUT2D eigenvalue weighted by molar-refractivity contribution is 6.54. The largest absolute Gasteiger partial charge is 0.322 e. The third kappa shape index (κ3) is 2.78. The second-order valence-corrected chi connectivity index (χ2v) is 5.44. The molecule has 1 aromatic rings. The molecule has 0 unspecified atom stereocenters. The Morgan fingerprint density at radius 3 is 2.52 bits per heavy atom. The Morgan fingerprint density at radius 2 is 1.95 bits per heavy atom. The zero-order chi connectivity index (χ0) is 15.6. The average molecular weight is 288 g/mol. The van der Waals surface area contributed by atoms with Crippen molar-refractivity contribution in [3.8, 4) is 0 Å². The van der Waals surface area contributed by atoms with Gasteiger partial charge in [0, 0.05) is 12.1 Å². The van der Waals surface area contributed by atoms with Crippen molar-refractivity contribution in [1.82, 2.24) is 4.90 Å². The van der Waals surface area contributed by atoms with Gasteiger partial charge in [0.1, 0.15) is 0 Å². The minimum Gasteiger partial charge on any atom is -0.322 e. The molecule has 5 heteroatoms. The second kappa shape index (κ2) is 6.26. The molecule has 0 atom stereocenters. The first kappa shape index (κ1) is 15.5. The van der Waals surface area contributed by atoms with Crippen LogP contribution in [0.4, 0.5) is 5.69 Å². The Balaban J connectivity index is 2.37. The van der Waals surface area contributed by atoms with Crippen molar-refractivity contribution in [2.24, 2.45) is 10.9 Å². The summed E-state index contributed by atoms with van der Waals surface area (Å²) in [6.07, 6.45) is 0.966. The molecule has 0 spiro atoms. The Kier molecular flexibility index (Phi) is 4.63. The van der Waals surface area contributed by atoms with Gasteiger partial charge >= 0.3 is 0 Å². The summed E-state index contributed by atoms with van der Waals surface area (Å²) in [5.41, 5.74) is 5.50. The van der Waals surface area contributed by atoms with E-state index in [1.54, 1.807) is 0 Å². The lowest BCUT2D eigenvalue weighted by atomic mass is 9.94. The number of aryl methyl sites for hydroxylation is 1. The summed E-state index contributed by atoms with van der Waals surface area (Å²) in [5, 5.41) is 6.54. The van der Waals surface area contributed by atoms with Gasteiger partial charge in [-0.2, -0.15) is 5.10 Å². The molecule has 0 saturated heterocycles. The Bertz CT molecular complexity index is 588. The van der Waals surface area contributed by atoms with Crippen LogP contribution in [0.25, 0.3) is 0 Å². The maximum atomic E-state index is 11.9. The van der Waals surface area contributed by atoms with E-state index in [1.807, 2.05) is 13.8 Å². The summed E-state index contributed by atoms with van der Waals surface area (Å²) in [4.78, 5) is 14.3. The maximum Gasteiger partial charge on any atom is 0.276 e. The molecule has 2 rings (SSSR count). The van der Waals surface area contributed by atoms with E-state index in [9.17, 15) is 4.79 Å². The summed E-state index contributed by atoms with van der Waals surface area (Å²) in [6, 6.07) is 2.16. The zero-order valence-corrected chi connectivity index (χ0v) is 13.3. The van der Waals surface area contributed by atoms with Crippen molar-refractivity contribution in [3.63, 3.8) is 0 Å². The van der Waals surface area contributed by atoms with Gasteiger partial charge in [-0.25, -0.2) is 0 Å². The van der Waals surface area contributed by atoms with Crippen LogP contribution in [0.5, 0.6) is 0 Å². The van der Waals surface area contributed by atoms with Gasteiger partial charge in [0.25, 0.3) is 5.91 Å². The van der Waals surface area contributed by atoms with Crippen molar-refractivity contribution in [2.45, 2.75) is 34.1 Å². The van der Waals surface area contributed by atoms with E-state index in [2.05, 4.69) is 35.2 Å². The summed E-state index contributed by atoms with van der Waals surface area (Å²) in [5.74, 6) is 5.18. The lowest BCUT2D eigenvalue weighted by molar-refractivity contribution is -0.110. The van der Waals surface area contributed by atoms with Crippen LogP contribution >= 0.6 is 0 Å². The van der Waals surface area contributed by atoms with Gasteiger partial charge < -0.3 is 16.1 Å². The highest BCUT2D eigenvalue weighted by Gasteiger charge is 2.30. The van der Waals surface area contributed by atoms with E-state index >= 15 is 0 Å². The molecular weight excluding hydrogens is 264 g/mol. The fourth-order valence-corrected chi connectivity index (χ4v) is 2.93. The summed E-state index contributed by atoms with van der Waals surface area (Å²) in [7, 11) is 0. The number of carbonyl (C=O) groups is 1. The normalized spacial score (nSPS) is 15.7. The second-order valence-electron chi connectivity index (χ2n) is 5.44. The average Bonchev–Trinajstić information content (AvgIpc) is 2.82. The van der Waals surface area contributed by atoms with Gasteiger partial charge in [-0.15, -0.1) is 0 Å². The number of amides is 1. The highest BCUT2D eigenvalue weighted by Crippen LogP contribution is 2.32. The first-order valence-electron chi connectivity index (χ1n) is 7.48. The number of anilines is 1. The van der Waals surface area contributed by atoms with E-state index in [0.29, 0.717) is 5.71 Å². The molecule has 1 heterocycles. The van der Waals surface area contributed by atoms with Gasteiger partial charge in [0.15, 0.2) is 5.71 Å². The number of fused-ring (bicyclic) bond motifs is 1. The van der Waals surface area contributed by atoms with E-state index < -0.39 is 0 Å². The van der Waals surface area contributed by atoms with Crippen LogP contribution in [0, 0.1) is 13.8 Å². The number of rotatable bonds is 5. The van der Waals surface area contributed by atoms with Crippen LogP contribution in [-0.4, -0.2) is 36.2 Å². The number of nitrogens with zero attached hydrogens (tertiary/aromatic N) is 2. The highest BCUT2D eigenvalue weighted by atomic mass is 16.2. The Morgan fingerprint density at radius 1 is 1.29 bits per heavy atom. The fourth-order valence-electron chi connectivity index (χ4n) is 2.93. The molecule has 1 aliphatic heterocycles. The smallest absolute Gasteiger partial charge is 0.276 e. The van der Waals surface area contributed by atoms with Crippen LogP contribution in [0.3, 0.4) is 0 Å². The standard InChI is InChI=1S/C16H24N4O/c1-5-20(6-2)8-7-12-9-10(3)14-13(11(12)4)15(19-17)16(21)18-14/h9H,5-8,17H2,1-4H3,(H,18,19,21). The quantitative estimate of drug-likeness (QED) is 0.641. The van der Waals surface area contributed by atoms with Gasteiger partial charge in [-0.3, -0.25) is 4.79 Å². The van der Waals surface area contributed by atoms with Crippen molar-refractivity contribution in [2.75, 3.05) is 25.0 Å². The number of likely N-dealkylation sites (N-methyl/N-ethyl adjacent to an activating group) is 1. The van der Waals surface area contributed by atoms with Crippen LogP contribution in [0.15, 0.2) is 11.2 Å². The minimum atomic E-state index is -0.209. The molecule has 0 fully saturated rings. The van der Waals surface area contributed by atoms with Crippen molar-refractivity contribution >= 4 is 17.3 Å². The van der Waals surface area contributed by atoms with Gasteiger partial charge in [-0.1, -0.05) is 19.9 Å². The van der Waals surface area contributed by atoms with Crippen LogP contribution in [-0.2, 0) is 11.2 Å². The number of carbonyl (C=O) groups excluding carboxylic acids is 1. The molecule has 0 saturated carbocycles. The number of nitrogens with two attached hydrogens (primary N) is 1. The number of hydrazone groups is 1. The number of hydrogen-bond donors (Lipinski definition) is 2. The first-order valence-corrected chi connectivity index (χ1v) is 7.48. The van der Waals surface area contributed by atoms with E-state index in [1.165, 1.54) is 5.56 Å². The van der Waals surface area contributed by atoms with E-state index in [0.717, 1.165) is 48.4 Å². The maximum absolute atomic E-state index is 11.9. The molecule has 0 aromatic heterocycles. The SMILES string of the molecule is CCN(CC)CCc1cc(C)c2c(c1C)/C(=N/N)C(=O)N2. The zero-order valence-electron chi connectivity index (χ0n) is 13.3. The molecule has 21 heavy (non-hydrogen) atoms. The molecule has 114 valence electrons. The molecule has 0 bridgehead atoms. The summed E-state index contributed by atoms with van der Waals surface area (Å²) in [6.45, 7) is 11.5. The monoisotopic (exact) mass is 288 g/mol. The lowest BCUT2D eigenvalue weighted by Gasteiger charge is -2.19. The van der Waals surface area contributed by atoms with E-state index in [4.69, 9.17) is 5.84 Å². The molecular formula is C16H24N4O. The van der Waals surface area contributed by atoms with Gasteiger partial charge in [0.2, 0.25) is 0 Å². The minimum absolute atomic E-state index is 0.209. The number of nitrogens with one attached hydrogen (secondary N) is 1. The fraction of sp³-hybridized carbons (Fsp3) is 0.500. The Hall–Kier alpha value is -1.88. The van der Waals surface area contributed by atoms with Crippen LogP contribution in [0.1, 0.15) is 36.1 Å². The third-order valence-electron chi connectivity index (χ3n) is 4.30. The number of hydrogen-bond acceptors (Lipinski definition) is 4. The van der Waals surface area contributed by atoms with Gasteiger partial charge in [-0.05, 0) is 50.0 Å². The summed E-state index contributed by atoms with van der Waals surface area (Å²) >= 11 is 0. The molecule has 0 radical (unpaired) electrons. The molecule has 1 aromatic carbocycles. The van der Waals surface area contributed by atoms with Gasteiger partial charge in [0.05, 0.1) is 5.69 Å². The topological polar surface area (TPSA) is 70.7 Å². The van der Waals surface area contributed by atoms with Crippen LogP contribution < -0.4 is 11.2 Å². The van der Waals surface area contributed by atoms with Crippen molar-refractivity contribution in [1.29, 1.82) is 0 Å². The predicted molar refractivity (Wildman–Crippen MR) is 86.8 cm³/mol. The van der Waals surface area contributed by atoms with E-state index in [-0.39, 0.29) is 5.91 Å². The first-order chi connectivity index (χ1) is 10.0. The molecule has 1 aliphatic rings. The molecule has 1 amide bonds. The van der Waals surface area contributed by atoms with Crippen LogP contribution in [0.2, 0.25) is 0 Å². The summed E-state index contributed by atoms with van der Waals surface area (Å²) < 4.78 is 0.